The Balaban J connectivity index is 2.47. The number of thiocarbonyl (C=S) groups is 1. The van der Waals surface area contributed by atoms with E-state index in [0.29, 0.717) is 11.5 Å². The second-order valence-electron chi connectivity index (χ2n) is 3.87. The van der Waals surface area contributed by atoms with Gasteiger partial charge in [0.2, 0.25) is 0 Å². The van der Waals surface area contributed by atoms with E-state index in [2.05, 4.69) is 5.32 Å². The van der Waals surface area contributed by atoms with E-state index in [9.17, 15) is 4.79 Å². The first-order valence-electron chi connectivity index (χ1n) is 5.32. The fraction of sp³-hybridized carbons (Fsp3) is 0.333. The molecular weight excluding hydrogens is 236 g/mol. The predicted molar refractivity (Wildman–Crippen MR) is 70.8 cm³/mol. The predicted octanol–water partition coefficient (Wildman–Crippen LogP) is 1.96. The van der Waals surface area contributed by atoms with Gasteiger partial charge in [-0.25, -0.2) is 4.79 Å². The van der Waals surface area contributed by atoms with Crippen LogP contribution in [-0.2, 0) is 11.3 Å². The molecule has 0 aliphatic heterocycles. The zero-order chi connectivity index (χ0) is 12.8. The van der Waals surface area contributed by atoms with Crippen LogP contribution in [0.25, 0.3) is 0 Å². The van der Waals surface area contributed by atoms with Crippen molar-refractivity contribution in [3.63, 3.8) is 0 Å². The van der Waals surface area contributed by atoms with Crippen LogP contribution < -0.4 is 11.1 Å². The Labute approximate surface area is 106 Å². The summed E-state index contributed by atoms with van der Waals surface area (Å²) in [7, 11) is 0. The monoisotopic (exact) mass is 252 g/mol. The van der Waals surface area contributed by atoms with Gasteiger partial charge in [-0.2, -0.15) is 0 Å². The summed E-state index contributed by atoms with van der Waals surface area (Å²) in [5.41, 5.74) is 7.26. The van der Waals surface area contributed by atoms with Gasteiger partial charge in [-0.3, -0.25) is 0 Å². The number of benzene rings is 1. The number of carbonyl (C=O) groups is 1. The largest absolute Gasteiger partial charge is 0.447 e. The van der Waals surface area contributed by atoms with Crippen LogP contribution in [0.5, 0.6) is 0 Å². The molecule has 0 atom stereocenters. The number of carbonyl (C=O) groups excluding carboxylic acids is 1. The fourth-order valence-electron chi connectivity index (χ4n) is 1.22. The van der Waals surface area contributed by atoms with E-state index in [-0.39, 0.29) is 6.10 Å². The van der Waals surface area contributed by atoms with Crippen molar-refractivity contribution in [2.45, 2.75) is 26.5 Å². The van der Waals surface area contributed by atoms with Gasteiger partial charge in [-0.15, -0.1) is 0 Å². The van der Waals surface area contributed by atoms with E-state index in [0.717, 1.165) is 11.1 Å². The second kappa shape index (κ2) is 6.20. The van der Waals surface area contributed by atoms with Gasteiger partial charge in [0.1, 0.15) is 4.99 Å². The molecule has 0 aromatic heterocycles. The Morgan fingerprint density at radius 2 is 2.00 bits per heavy atom. The molecule has 0 saturated heterocycles. The Morgan fingerprint density at radius 1 is 1.41 bits per heavy atom. The molecule has 17 heavy (non-hydrogen) atoms. The van der Waals surface area contributed by atoms with Crippen LogP contribution in [0.2, 0.25) is 0 Å². The van der Waals surface area contributed by atoms with Gasteiger partial charge in [-0.1, -0.05) is 36.5 Å². The normalized spacial score (nSPS) is 10.1. The van der Waals surface area contributed by atoms with Gasteiger partial charge in [0.05, 0.1) is 6.10 Å². The topological polar surface area (TPSA) is 64.3 Å². The Morgan fingerprint density at radius 3 is 2.47 bits per heavy atom. The van der Waals surface area contributed by atoms with E-state index in [1.807, 2.05) is 24.3 Å². The van der Waals surface area contributed by atoms with Crippen LogP contribution >= 0.6 is 12.2 Å². The molecule has 0 bridgehead atoms. The smallest absolute Gasteiger partial charge is 0.407 e. The molecule has 3 N–H and O–H groups in total. The quantitative estimate of drug-likeness (QED) is 0.804. The molecule has 0 fully saturated rings. The number of hydrogen-bond acceptors (Lipinski definition) is 3. The van der Waals surface area contributed by atoms with Crippen molar-refractivity contribution in [2.24, 2.45) is 5.73 Å². The lowest BCUT2D eigenvalue weighted by Crippen LogP contribution is -2.26. The van der Waals surface area contributed by atoms with E-state index < -0.39 is 6.09 Å². The second-order valence-corrected chi connectivity index (χ2v) is 4.31. The number of ether oxygens (including phenoxy) is 1. The summed E-state index contributed by atoms with van der Waals surface area (Å²) in [5, 5.41) is 2.65. The number of alkyl carbamates (subject to hydrolysis) is 1. The van der Waals surface area contributed by atoms with Crippen molar-refractivity contribution in [1.82, 2.24) is 5.32 Å². The molecule has 1 aromatic carbocycles. The summed E-state index contributed by atoms with van der Waals surface area (Å²) >= 11 is 4.85. The molecule has 0 radical (unpaired) electrons. The van der Waals surface area contributed by atoms with Crippen molar-refractivity contribution < 1.29 is 9.53 Å². The van der Waals surface area contributed by atoms with Crippen molar-refractivity contribution in [3.8, 4) is 0 Å². The summed E-state index contributed by atoms with van der Waals surface area (Å²) in [6, 6.07) is 7.38. The van der Waals surface area contributed by atoms with Crippen molar-refractivity contribution in [2.75, 3.05) is 0 Å². The third-order valence-electron chi connectivity index (χ3n) is 2.02. The molecular formula is C12H16N2O2S. The van der Waals surface area contributed by atoms with Gasteiger partial charge in [0.15, 0.2) is 0 Å². The molecule has 1 rings (SSSR count). The molecule has 0 aliphatic rings. The van der Waals surface area contributed by atoms with E-state index >= 15 is 0 Å². The van der Waals surface area contributed by atoms with Crippen molar-refractivity contribution in [1.29, 1.82) is 0 Å². The van der Waals surface area contributed by atoms with Crippen LogP contribution in [0.3, 0.4) is 0 Å². The van der Waals surface area contributed by atoms with Crippen molar-refractivity contribution >= 4 is 23.3 Å². The maximum atomic E-state index is 11.2. The van der Waals surface area contributed by atoms with Gasteiger partial charge >= 0.3 is 6.09 Å². The molecule has 0 heterocycles. The molecule has 0 spiro atoms. The average molecular weight is 252 g/mol. The molecule has 0 unspecified atom stereocenters. The minimum absolute atomic E-state index is 0.119. The van der Waals surface area contributed by atoms with Crippen LogP contribution in [-0.4, -0.2) is 17.2 Å². The zero-order valence-corrected chi connectivity index (χ0v) is 10.7. The SMILES string of the molecule is CC(C)OC(=O)NCc1ccc(C(N)=S)cc1. The molecule has 1 aromatic rings. The minimum Gasteiger partial charge on any atom is -0.447 e. The average Bonchev–Trinajstić information content (AvgIpc) is 2.26. The van der Waals surface area contributed by atoms with Gasteiger partial charge < -0.3 is 15.8 Å². The van der Waals surface area contributed by atoms with E-state index in [1.165, 1.54) is 0 Å². The summed E-state index contributed by atoms with van der Waals surface area (Å²) in [5.74, 6) is 0. The summed E-state index contributed by atoms with van der Waals surface area (Å²) in [6.07, 6.45) is -0.537. The maximum Gasteiger partial charge on any atom is 0.407 e. The molecule has 0 aliphatic carbocycles. The van der Waals surface area contributed by atoms with Gasteiger partial charge in [0.25, 0.3) is 0 Å². The number of nitrogens with one attached hydrogen (secondary N) is 1. The fourth-order valence-corrected chi connectivity index (χ4v) is 1.35. The van der Waals surface area contributed by atoms with Gasteiger partial charge in [0, 0.05) is 12.1 Å². The highest BCUT2D eigenvalue weighted by Gasteiger charge is 2.04. The van der Waals surface area contributed by atoms with E-state index in [1.54, 1.807) is 13.8 Å². The standard InChI is InChI=1S/C12H16N2O2S/c1-8(2)16-12(15)14-7-9-3-5-10(6-4-9)11(13)17/h3-6,8H,7H2,1-2H3,(H2,13,17)(H,14,15). The van der Waals surface area contributed by atoms with Crippen LogP contribution in [0.1, 0.15) is 25.0 Å². The number of hydrogen-bond donors (Lipinski definition) is 2. The van der Waals surface area contributed by atoms with Crippen LogP contribution in [0.4, 0.5) is 4.79 Å². The minimum atomic E-state index is -0.418. The first-order chi connectivity index (χ1) is 7.99. The van der Waals surface area contributed by atoms with E-state index in [4.69, 9.17) is 22.7 Å². The lowest BCUT2D eigenvalue weighted by molar-refractivity contribution is 0.115. The molecule has 5 heteroatoms. The molecule has 92 valence electrons. The molecule has 1 amide bonds. The zero-order valence-electron chi connectivity index (χ0n) is 9.90. The van der Waals surface area contributed by atoms with Gasteiger partial charge in [-0.05, 0) is 19.4 Å². The summed E-state index contributed by atoms with van der Waals surface area (Å²) in [4.78, 5) is 11.6. The Hall–Kier alpha value is -1.62. The highest BCUT2D eigenvalue weighted by atomic mass is 32.1. The molecule has 0 saturated carbocycles. The van der Waals surface area contributed by atoms with Crippen LogP contribution in [0.15, 0.2) is 24.3 Å². The number of amides is 1. The highest BCUT2D eigenvalue weighted by Crippen LogP contribution is 2.04. The third-order valence-corrected chi connectivity index (χ3v) is 2.25. The Kier molecular flexibility index (Phi) is 4.90. The highest BCUT2D eigenvalue weighted by molar-refractivity contribution is 7.80. The molecule has 4 nitrogen and oxygen atoms in total. The summed E-state index contributed by atoms with van der Waals surface area (Å²) < 4.78 is 4.94. The van der Waals surface area contributed by atoms with Crippen molar-refractivity contribution in [3.05, 3.63) is 35.4 Å². The first kappa shape index (κ1) is 13.4. The lowest BCUT2D eigenvalue weighted by atomic mass is 10.1. The maximum absolute atomic E-state index is 11.2. The lowest BCUT2D eigenvalue weighted by Gasteiger charge is -2.09. The number of nitrogens with two attached hydrogens (primary N) is 1. The Bertz CT molecular complexity index is 401. The third kappa shape index (κ3) is 4.82. The number of rotatable bonds is 4. The summed E-state index contributed by atoms with van der Waals surface area (Å²) in [6.45, 7) is 4.02. The first-order valence-corrected chi connectivity index (χ1v) is 5.73. The van der Waals surface area contributed by atoms with Crippen LogP contribution in [0, 0.1) is 0 Å².